The lowest BCUT2D eigenvalue weighted by Crippen LogP contribution is -2.32. The molecule has 4 nitrogen and oxygen atoms in total. The number of rotatable bonds is 4. The quantitative estimate of drug-likeness (QED) is 0.763. The summed E-state index contributed by atoms with van der Waals surface area (Å²) >= 11 is 0. The lowest BCUT2D eigenvalue weighted by molar-refractivity contribution is -0.138. The van der Waals surface area contributed by atoms with Crippen LogP contribution in [0.2, 0.25) is 0 Å². The van der Waals surface area contributed by atoms with E-state index in [-0.39, 0.29) is 17.6 Å². The highest BCUT2D eigenvalue weighted by molar-refractivity contribution is 5.73. The Morgan fingerprint density at radius 1 is 1.39 bits per heavy atom. The smallest absolute Gasteiger partial charge is 0.320 e. The molecule has 1 rings (SSSR count). The molecule has 0 aliphatic heterocycles. The van der Waals surface area contributed by atoms with Gasteiger partial charge in [-0.3, -0.25) is 4.79 Å². The maximum atomic E-state index is 10.7. The standard InChI is InChI=1S/C14H21NO3/c1-14(2,3)8-9-4-5-12(16)10(6-9)7-11(15)13(17)18/h4-6,11,16H,7-8,15H2,1-3H3,(H,17,18). The van der Waals surface area contributed by atoms with E-state index in [1.54, 1.807) is 6.07 Å². The Balaban J connectivity index is 2.91. The minimum Gasteiger partial charge on any atom is -0.508 e. The van der Waals surface area contributed by atoms with E-state index in [0.717, 1.165) is 12.0 Å². The van der Waals surface area contributed by atoms with Crippen molar-refractivity contribution in [3.63, 3.8) is 0 Å². The van der Waals surface area contributed by atoms with Crippen molar-refractivity contribution >= 4 is 5.97 Å². The molecule has 18 heavy (non-hydrogen) atoms. The van der Waals surface area contributed by atoms with Crippen molar-refractivity contribution in [3.05, 3.63) is 29.3 Å². The molecule has 100 valence electrons. The molecule has 0 saturated heterocycles. The molecule has 4 N–H and O–H groups in total. The minimum absolute atomic E-state index is 0.101. The van der Waals surface area contributed by atoms with Crippen LogP contribution in [0.5, 0.6) is 5.75 Å². The fourth-order valence-electron chi connectivity index (χ4n) is 1.85. The van der Waals surface area contributed by atoms with Crippen LogP contribution in [0.15, 0.2) is 18.2 Å². The number of carboxylic acids is 1. The van der Waals surface area contributed by atoms with Crippen molar-refractivity contribution in [2.45, 2.75) is 39.7 Å². The van der Waals surface area contributed by atoms with Gasteiger partial charge in [-0.2, -0.15) is 0 Å². The van der Waals surface area contributed by atoms with E-state index in [1.807, 2.05) is 12.1 Å². The van der Waals surface area contributed by atoms with Crippen molar-refractivity contribution in [1.29, 1.82) is 0 Å². The van der Waals surface area contributed by atoms with Gasteiger partial charge in [0.15, 0.2) is 0 Å². The first kappa shape index (κ1) is 14.5. The van der Waals surface area contributed by atoms with Crippen LogP contribution in [-0.2, 0) is 17.6 Å². The van der Waals surface area contributed by atoms with Gasteiger partial charge in [-0.1, -0.05) is 32.9 Å². The van der Waals surface area contributed by atoms with Gasteiger partial charge in [0.25, 0.3) is 0 Å². The Morgan fingerprint density at radius 2 is 2.00 bits per heavy atom. The molecule has 0 amide bonds. The minimum atomic E-state index is -1.06. The van der Waals surface area contributed by atoms with Crippen LogP contribution in [0.25, 0.3) is 0 Å². The highest BCUT2D eigenvalue weighted by Gasteiger charge is 2.16. The summed E-state index contributed by atoms with van der Waals surface area (Å²) in [5.41, 5.74) is 7.29. The summed E-state index contributed by atoms with van der Waals surface area (Å²) in [7, 11) is 0. The Morgan fingerprint density at radius 3 is 2.50 bits per heavy atom. The number of carboxylic acid groups (broad SMARTS) is 1. The third-order valence-corrected chi connectivity index (χ3v) is 2.64. The zero-order valence-corrected chi connectivity index (χ0v) is 11.1. The van der Waals surface area contributed by atoms with E-state index in [4.69, 9.17) is 10.8 Å². The molecule has 0 aliphatic carbocycles. The van der Waals surface area contributed by atoms with Crippen LogP contribution in [0.1, 0.15) is 31.9 Å². The fourth-order valence-corrected chi connectivity index (χ4v) is 1.85. The molecule has 0 bridgehead atoms. The van der Waals surface area contributed by atoms with Gasteiger partial charge >= 0.3 is 5.97 Å². The summed E-state index contributed by atoms with van der Waals surface area (Å²) in [5.74, 6) is -0.958. The molecule has 1 aromatic rings. The second-order valence-corrected chi connectivity index (χ2v) is 5.85. The van der Waals surface area contributed by atoms with Crippen molar-refractivity contribution < 1.29 is 15.0 Å². The lowest BCUT2D eigenvalue weighted by Gasteiger charge is -2.19. The fraction of sp³-hybridized carbons (Fsp3) is 0.500. The third-order valence-electron chi connectivity index (χ3n) is 2.64. The van der Waals surface area contributed by atoms with Gasteiger partial charge in [-0.05, 0) is 29.0 Å². The Kier molecular flexibility index (Phi) is 4.35. The summed E-state index contributed by atoms with van der Waals surface area (Å²) in [5, 5.41) is 18.5. The molecule has 0 aromatic heterocycles. The Labute approximate surface area is 107 Å². The molecule has 1 unspecified atom stereocenters. The van der Waals surface area contributed by atoms with E-state index in [2.05, 4.69) is 20.8 Å². The number of nitrogens with two attached hydrogens (primary N) is 1. The first-order valence-corrected chi connectivity index (χ1v) is 5.98. The van der Waals surface area contributed by atoms with Gasteiger partial charge in [0.2, 0.25) is 0 Å². The van der Waals surface area contributed by atoms with Crippen molar-refractivity contribution in [1.82, 2.24) is 0 Å². The summed E-state index contributed by atoms with van der Waals surface area (Å²) in [6.07, 6.45) is 1.00. The van der Waals surface area contributed by atoms with Crippen molar-refractivity contribution in [2.24, 2.45) is 11.1 Å². The SMILES string of the molecule is CC(C)(C)Cc1ccc(O)c(CC(N)C(=O)O)c1. The first-order chi connectivity index (χ1) is 8.19. The highest BCUT2D eigenvalue weighted by Crippen LogP contribution is 2.25. The molecule has 0 radical (unpaired) electrons. The summed E-state index contributed by atoms with van der Waals surface area (Å²) in [6.45, 7) is 6.38. The largest absolute Gasteiger partial charge is 0.508 e. The number of phenols is 1. The average Bonchev–Trinajstić information content (AvgIpc) is 2.20. The monoisotopic (exact) mass is 251 g/mol. The maximum absolute atomic E-state index is 10.7. The number of carbonyl (C=O) groups is 1. The summed E-state index contributed by atoms with van der Waals surface area (Å²) in [6, 6.07) is 4.31. The predicted octanol–water partition coefficient (Wildman–Crippen LogP) is 1.94. The van der Waals surface area contributed by atoms with E-state index >= 15 is 0 Å². The van der Waals surface area contributed by atoms with Crippen LogP contribution >= 0.6 is 0 Å². The summed E-state index contributed by atoms with van der Waals surface area (Å²) in [4.78, 5) is 10.7. The second kappa shape index (κ2) is 5.40. The van der Waals surface area contributed by atoms with Gasteiger partial charge < -0.3 is 15.9 Å². The van der Waals surface area contributed by atoms with Crippen LogP contribution in [0.3, 0.4) is 0 Å². The molecule has 0 spiro atoms. The van der Waals surface area contributed by atoms with Crippen LogP contribution in [-0.4, -0.2) is 22.2 Å². The molecule has 4 heteroatoms. The first-order valence-electron chi connectivity index (χ1n) is 5.98. The number of phenolic OH excluding ortho intramolecular Hbond substituents is 1. The summed E-state index contributed by atoms with van der Waals surface area (Å²) < 4.78 is 0. The Bertz CT molecular complexity index is 435. The molecule has 0 aliphatic rings. The topological polar surface area (TPSA) is 83.5 Å². The third kappa shape index (κ3) is 4.37. The van der Waals surface area contributed by atoms with Gasteiger partial charge in [0.05, 0.1) is 0 Å². The molecule has 0 heterocycles. The molecule has 1 aromatic carbocycles. The Hall–Kier alpha value is -1.55. The van der Waals surface area contributed by atoms with Gasteiger partial charge in [-0.25, -0.2) is 0 Å². The van der Waals surface area contributed by atoms with Crippen LogP contribution in [0, 0.1) is 5.41 Å². The van der Waals surface area contributed by atoms with Gasteiger partial charge in [0, 0.05) is 6.42 Å². The zero-order chi connectivity index (χ0) is 13.9. The normalized spacial score (nSPS) is 13.3. The number of aliphatic carboxylic acids is 1. The van der Waals surface area contributed by atoms with Gasteiger partial charge in [0.1, 0.15) is 11.8 Å². The number of hydrogen-bond donors (Lipinski definition) is 3. The number of aromatic hydroxyl groups is 1. The van der Waals surface area contributed by atoms with E-state index in [9.17, 15) is 9.90 Å². The molecule has 1 atom stereocenters. The lowest BCUT2D eigenvalue weighted by atomic mass is 9.87. The van der Waals surface area contributed by atoms with E-state index in [0.29, 0.717) is 5.56 Å². The molecule has 0 fully saturated rings. The van der Waals surface area contributed by atoms with Crippen molar-refractivity contribution in [3.8, 4) is 5.75 Å². The van der Waals surface area contributed by atoms with E-state index in [1.165, 1.54) is 0 Å². The molecular formula is C14H21NO3. The second-order valence-electron chi connectivity index (χ2n) is 5.85. The maximum Gasteiger partial charge on any atom is 0.320 e. The van der Waals surface area contributed by atoms with Crippen molar-refractivity contribution in [2.75, 3.05) is 0 Å². The molecular weight excluding hydrogens is 230 g/mol. The van der Waals surface area contributed by atoms with Crippen LogP contribution < -0.4 is 5.73 Å². The average molecular weight is 251 g/mol. The molecule has 0 saturated carbocycles. The predicted molar refractivity (Wildman–Crippen MR) is 70.6 cm³/mol. The van der Waals surface area contributed by atoms with Gasteiger partial charge in [-0.15, -0.1) is 0 Å². The number of hydrogen-bond acceptors (Lipinski definition) is 3. The highest BCUT2D eigenvalue weighted by atomic mass is 16.4. The van der Waals surface area contributed by atoms with Crippen LogP contribution in [0.4, 0.5) is 0 Å². The van der Waals surface area contributed by atoms with E-state index < -0.39 is 12.0 Å². The zero-order valence-electron chi connectivity index (χ0n) is 11.1. The number of benzene rings is 1.